The number of halogens is 1. The highest BCUT2D eigenvalue weighted by Crippen LogP contribution is 2.24. The van der Waals surface area contributed by atoms with E-state index in [4.69, 9.17) is 15.8 Å². The lowest BCUT2D eigenvalue weighted by Crippen LogP contribution is -2.13. The Hall–Kier alpha value is -1.08. The van der Waals surface area contributed by atoms with E-state index in [0.29, 0.717) is 6.42 Å². The first-order valence-corrected chi connectivity index (χ1v) is 6.85. The topological polar surface area (TPSA) is 89.3 Å². The first-order valence-electron chi connectivity index (χ1n) is 4.54. The molecule has 0 saturated carbocycles. The number of nitrogens with zero attached hydrogens (tertiary/aromatic N) is 2. The van der Waals surface area contributed by atoms with Crippen molar-refractivity contribution in [2.24, 2.45) is 0 Å². The van der Waals surface area contributed by atoms with Crippen molar-refractivity contribution in [3.8, 4) is 0 Å². The highest BCUT2D eigenvalue weighted by Gasteiger charge is 2.28. The lowest BCUT2D eigenvalue weighted by atomic mass is 10.3. The second kappa shape index (κ2) is 4.42. The second-order valence-corrected chi connectivity index (χ2v) is 5.79. The molecule has 0 aliphatic carbocycles. The molecule has 0 radical (unpaired) electrons. The van der Waals surface area contributed by atoms with Gasteiger partial charge in [-0.1, -0.05) is 6.92 Å². The SMILES string of the molecule is CCC(C)n1ncc(C(=O)O)c1S(=O)(=O)Cl. The number of hydrogen-bond acceptors (Lipinski definition) is 4. The molecular weight excluding hydrogens is 256 g/mol. The number of carboxylic acid groups (broad SMARTS) is 1. The van der Waals surface area contributed by atoms with Crippen LogP contribution in [0.3, 0.4) is 0 Å². The normalized spacial score (nSPS) is 13.7. The Morgan fingerprint density at radius 1 is 1.69 bits per heavy atom. The van der Waals surface area contributed by atoms with E-state index in [1.807, 2.05) is 6.92 Å². The average Bonchev–Trinajstić information content (AvgIpc) is 2.59. The van der Waals surface area contributed by atoms with Crippen LogP contribution in [0.1, 0.15) is 36.7 Å². The lowest BCUT2D eigenvalue weighted by molar-refractivity contribution is 0.0692. The summed E-state index contributed by atoms with van der Waals surface area (Å²) in [6, 6.07) is -0.239. The summed E-state index contributed by atoms with van der Waals surface area (Å²) in [5, 5.41) is 12.1. The zero-order chi connectivity index (χ0) is 12.5. The number of carbonyl (C=O) groups is 1. The largest absolute Gasteiger partial charge is 0.478 e. The molecular formula is C8H11ClN2O4S. The van der Waals surface area contributed by atoms with Gasteiger partial charge in [-0.2, -0.15) is 5.10 Å². The summed E-state index contributed by atoms with van der Waals surface area (Å²) in [6.07, 6.45) is 1.60. The average molecular weight is 267 g/mol. The van der Waals surface area contributed by atoms with Gasteiger partial charge in [-0.05, 0) is 13.3 Å². The van der Waals surface area contributed by atoms with E-state index in [0.717, 1.165) is 10.9 Å². The smallest absolute Gasteiger partial charge is 0.340 e. The van der Waals surface area contributed by atoms with Gasteiger partial charge in [-0.3, -0.25) is 0 Å². The monoisotopic (exact) mass is 266 g/mol. The maximum absolute atomic E-state index is 11.3. The fourth-order valence-corrected chi connectivity index (χ4v) is 2.54. The molecule has 1 heterocycles. The highest BCUT2D eigenvalue weighted by atomic mass is 35.7. The molecule has 1 atom stereocenters. The van der Waals surface area contributed by atoms with Gasteiger partial charge in [0.15, 0.2) is 5.03 Å². The van der Waals surface area contributed by atoms with Crippen LogP contribution in [0.5, 0.6) is 0 Å². The summed E-state index contributed by atoms with van der Waals surface area (Å²) >= 11 is 0. The molecule has 16 heavy (non-hydrogen) atoms. The molecule has 0 aliphatic heterocycles. The molecule has 6 nitrogen and oxygen atoms in total. The van der Waals surface area contributed by atoms with E-state index in [1.165, 1.54) is 0 Å². The minimum absolute atomic E-state index is 0.239. The van der Waals surface area contributed by atoms with Gasteiger partial charge in [-0.25, -0.2) is 17.9 Å². The summed E-state index contributed by atoms with van der Waals surface area (Å²) in [7, 11) is 1.07. The Kier molecular flexibility index (Phi) is 3.59. The minimum Gasteiger partial charge on any atom is -0.478 e. The summed E-state index contributed by atoms with van der Waals surface area (Å²) in [5.41, 5.74) is -0.407. The Morgan fingerprint density at radius 2 is 2.25 bits per heavy atom. The number of aromatic nitrogens is 2. The molecule has 1 aromatic rings. The van der Waals surface area contributed by atoms with Crippen LogP contribution in [-0.2, 0) is 9.05 Å². The summed E-state index contributed by atoms with van der Waals surface area (Å²) in [4.78, 5) is 10.8. The lowest BCUT2D eigenvalue weighted by Gasteiger charge is -2.11. The van der Waals surface area contributed by atoms with Crippen molar-refractivity contribution in [3.05, 3.63) is 11.8 Å². The van der Waals surface area contributed by atoms with Crippen LogP contribution in [-0.4, -0.2) is 29.3 Å². The van der Waals surface area contributed by atoms with Gasteiger partial charge in [-0.15, -0.1) is 0 Å². The van der Waals surface area contributed by atoms with E-state index >= 15 is 0 Å². The number of carboxylic acids is 1. The van der Waals surface area contributed by atoms with Crippen LogP contribution in [0.4, 0.5) is 0 Å². The molecule has 0 spiro atoms. The van der Waals surface area contributed by atoms with Gasteiger partial charge in [0.1, 0.15) is 5.56 Å². The molecule has 1 N–H and O–H groups in total. The molecule has 1 aromatic heterocycles. The van der Waals surface area contributed by atoms with Crippen molar-refractivity contribution in [3.63, 3.8) is 0 Å². The predicted molar refractivity (Wildman–Crippen MR) is 57.2 cm³/mol. The van der Waals surface area contributed by atoms with Crippen molar-refractivity contribution >= 4 is 25.7 Å². The molecule has 0 aromatic carbocycles. The van der Waals surface area contributed by atoms with Crippen molar-refractivity contribution in [1.82, 2.24) is 9.78 Å². The first-order chi connectivity index (χ1) is 7.29. The Morgan fingerprint density at radius 3 is 2.62 bits per heavy atom. The number of rotatable bonds is 4. The van der Waals surface area contributed by atoms with Gasteiger partial charge in [0.05, 0.1) is 12.2 Å². The molecule has 0 aliphatic rings. The van der Waals surface area contributed by atoms with Crippen LogP contribution in [0, 0.1) is 0 Å². The predicted octanol–water partition coefficient (Wildman–Crippen LogP) is 1.48. The van der Waals surface area contributed by atoms with Gasteiger partial charge in [0, 0.05) is 10.7 Å². The van der Waals surface area contributed by atoms with Crippen LogP contribution in [0.2, 0.25) is 0 Å². The van der Waals surface area contributed by atoms with E-state index in [1.54, 1.807) is 6.92 Å². The first kappa shape index (κ1) is 13.0. The molecule has 90 valence electrons. The van der Waals surface area contributed by atoms with Crippen LogP contribution >= 0.6 is 10.7 Å². The third kappa shape index (κ3) is 2.35. The van der Waals surface area contributed by atoms with Gasteiger partial charge >= 0.3 is 5.97 Å². The fourth-order valence-electron chi connectivity index (χ4n) is 1.23. The highest BCUT2D eigenvalue weighted by molar-refractivity contribution is 8.13. The molecule has 8 heteroatoms. The van der Waals surface area contributed by atoms with E-state index < -0.39 is 25.6 Å². The molecule has 0 bridgehead atoms. The number of hydrogen-bond donors (Lipinski definition) is 1. The van der Waals surface area contributed by atoms with Crippen molar-refractivity contribution in [2.45, 2.75) is 31.3 Å². The number of aromatic carboxylic acids is 1. The van der Waals surface area contributed by atoms with Gasteiger partial charge < -0.3 is 5.11 Å². The maximum Gasteiger partial charge on any atom is 0.340 e. The maximum atomic E-state index is 11.3. The van der Waals surface area contributed by atoms with Crippen LogP contribution in [0.25, 0.3) is 0 Å². The summed E-state index contributed by atoms with van der Waals surface area (Å²) in [6.45, 7) is 3.56. The Labute approximate surface area is 97.3 Å². The molecule has 0 saturated heterocycles. The van der Waals surface area contributed by atoms with E-state index in [-0.39, 0.29) is 6.04 Å². The quantitative estimate of drug-likeness (QED) is 0.834. The molecule has 0 amide bonds. The van der Waals surface area contributed by atoms with Crippen LogP contribution in [0.15, 0.2) is 11.2 Å². The van der Waals surface area contributed by atoms with Crippen molar-refractivity contribution < 1.29 is 18.3 Å². The summed E-state index contributed by atoms with van der Waals surface area (Å²) < 4.78 is 23.7. The van der Waals surface area contributed by atoms with E-state index in [9.17, 15) is 13.2 Å². The molecule has 1 unspecified atom stereocenters. The third-order valence-corrected chi connectivity index (χ3v) is 3.53. The zero-order valence-electron chi connectivity index (χ0n) is 8.71. The van der Waals surface area contributed by atoms with E-state index in [2.05, 4.69) is 5.10 Å². The van der Waals surface area contributed by atoms with Gasteiger partial charge in [0.2, 0.25) is 0 Å². The minimum atomic E-state index is -4.13. The molecule has 0 fully saturated rings. The van der Waals surface area contributed by atoms with Crippen molar-refractivity contribution in [2.75, 3.05) is 0 Å². The Balaban J connectivity index is 3.49. The zero-order valence-corrected chi connectivity index (χ0v) is 10.3. The second-order valence-electron chi connectivity index (χ2n) is 3.31. The molecule has 1 rings (SSSR count). The third-order valence-electron chi connectivity index (χ3n) is 2.22. The van der Waals surface area contributed by atoms with Gasteiger partial charge in [0.25, 0.3) is 9.05 Å². The fraction of sp³-hybridized carbons (Fsp3) is 0.500. The van der Waals surface area contributed by atoms with Crippen molar-refractivity contribution in [1.29, 1.82) is 0 Å². The summed E-state index contributed by atoms with van der Waals surface area (Å²) in [5.74, 6) is -1.37. The van der Waals surface area contributed by atoms with Crippen LogP contribution < -0.4 is 0 Å². The Bertz CT molecular complexity index is 508. The standard InChI is InChI=1S/C8H11ClN2O4S/c1-3-5(2)11-7(16(9,14)15)6(4-10-11)8(12)13/h4-5H,3H2,1-2H3,(H,12,13).